The number of aryl methyl sites for hydroxylation is 3. The summed E-state index contributed by atoms with van der Waals surface area (Å²) in [7, 11) is 3.91. The van der Waals surface area contributed by atoms with Gasteiger partial charge in [-0.25, -0.2) is 4.79 Å². The fourth-order valence-electron chi connectivity index (χ4n) is 5.62. The molecule has 3 aromatic carbocycles. The van der Waals surface area contributed by atoms with Gasteiger partial charge >= 0.3 is 5.97 Å². The quantitative estimate of drug-likeness (QED) is 0.0886. The van der Waals surface area contributed by atoms with Crippen molar-refractivity contribution in [1.29, 1.82) is 0 Å². The molecular weight excluding hydrogens is 580 g/mol. The van der Waals surface area contributed by atoms with Crippen LogP contribution in [0.1, 0.15) is 41.5 Å². The van der Waals surface area contributed by atoms with Crippen molar-refractivity contribution in [3.05, 3.63) is 83.8 Å². The molecule has 2 aromatic heterocycles. The van der Waals surface area contributed by atoms with Crippen LogP contribution in [0, 0.1) is 0 Å². The van der Waals surface area contributed by atoms with Crippen molar-refractivity contribution in [2.75, 3.05) is 26.8 Å². The molecule has 0 aliphatic carbocycles. The summed E-state index contributed by atoms with van der Waals surface area (Å²) in [5.74, 6) is 0.598. The number of hydrogen-bond donors (Lipinski definition) is 1. The van der Waals surface area contributed by atoms with Gasteiger partial charge in [0.05, 0.1) is 30.6 Å². The van der Waals surface area contributed by atoms with Crippen molar-refractivity contribution in [3.63, 3.8) is 0 Å². The van der Waals surface area contributed by atoms with Gasteiger partial charge in [-0.2, -0.15) is 5.10 Å². The summed E-state index contributed by atoms with van der Waals surface area (Å²) in [5.41, 5.74) is 5.91. The van der Waals surface area contributed by atoms with E-state index < -0.39 is 0 Å². The van der Waals surface area contributed by atoms with E-state index in [9.17, 15) is 4.79 Å². The van der Waals surface area contributed by atoms with Crippen LogP contribution in [-0.2, 0) is 30.1 Å². The van der Waals surface area contributed by atoms with Gasteiger partial charge < -0.3 is 19.4 Å². The van der Waals surface area contributed by atoms with Crippen LogP contribution in [0.4, 0.5) is 0 Å². The second-order valence-electron chi connectivity index (χ2n) is 10.0. The van der Waals surface area contributed by atoms with Crippen LogP contribution in [0.5, 0.6) is 5.75 Å². The molecule has 7 nitrogen and oxygen atoms in total. The molecule has 0 unspecified atom stereocenters. The molecule has 0 aliphatic heterocycles. The fraction of sp³-hybridized carbons (Fsp3) is 0.333. The molecule has 0 aliphatic rings. The molecule has 0 bridgehead atoms. The first-order chi connectivity index (χ1) is 20.1. The Kier molecular flexibility index (Phi) is 9.42. The van der Waals surface area contributed by atoms with E-state index in [1.807, 2.05) is 56.2 Å². The maximum Gasteiger partial charge on any atom is 0.355 e. The van der Waals surface area contributed by atoms with Crippen molar-refractivity contribution in [2.45, 2.75) is 38.1 Å². The standard InChI is InChI=1S/C33H37BrN4O3/c1-4-40-33(39)32-26(16-9-20-41-30-17-7-12-23-11-5-6-13-24(23)30)25-14-8-15-27(28-22-36-37(3)29(28)21-34)31(25)38(32)19-10-18-35-2/h5-8,11-15,17,22,35H,4,9-10,16,18-21H2,1-3H3. The number of aromatic nitrogens is 3. The molecule has 1 N–H and O–H groups in total. The highest BCUT2D eigenvalue weighted by atomic mass is 79.9. The van der Waals surface area contributed by atoms with E-state index in [0.29, 0.717) is 37.2 Å². The predicted octanol–water partition coefficient (Wildman–Crippen LogP) is 6.89. The van der Waals surface area contributed by atoms with Gasteiger partial charge in [0.15, 0.2) is 0 Å². The first-order valence-electron chi connectivity index (χ1n) is 14.2. The minimum Gasteiger partial charge on any atom is -0.493 e. The third-order valence-electron chi connectivity index (χ3n) is 7.52. The van der Waals surface area contributed by atoms with E-state index in [1.165, 1.54) is 0 Å². The van der Waals surface area contributed by atoms with Crippen molar-refractivity contribution < 1.29 is 14.3 Å². The third-order valence-corrected chi connectivity index (χ3v) is 8.05. The van der Waals surface area contributed by atoms with Crippen molar-refractivity contribution in [2.24, 2.45) is 7.05 Å². The number of carbonyl (C=O) groups excluding carboxylic acids is 1. The van der Waals surface area contributed by atoms with Gasteiger partial charge in [-0.3, -0.25) is 4.68 Å². The smallest absolute Gasteiger partial charge is 0.355 e. The number of halogens is 1. The summed E-state index contributed by atoms with van der Waals surface area (Å²) in [6.07, 6.45) is 4.24. The van der Waals surface area contributed by atoms with E-state index in [0.717, 1.165) is 69.2 Å². The Labute approximate surface area is 249 Å². The number of nitrogens with zero attached hydrogens (tertiary/aromatic N) is 3. The molecule has 0 radical (unpaired) electrons. The van der Waals surface area contributed by atoms with Gasteiger partial charge in [0.25, 0.3) is 0 Å². The van der Waals surface area contributed by atoms with Crippen molar-refractivity contribution in [1.82, 2.24) is 19.7 Å². The molecule has 0 fully saturated rings. The molecule has 2 heterocycles. The van der Waals surface area contributed by atoms with E-state index in [4.69, 9.17) is 9.47 Å². The zero-order valence-corrected chi connectivity index (χ0v) is 25.5. The average Bonchev–Trinajstić information content (AvgIpc) is 3.52. The summed E-state index contributed by atoms with van der Waals surface area (Å²) in [6, 6.07) is 20.7. The average molecular weight is 618 g/mol. The van der Waals surface area contributed by atoms with Crippen molar-refractivity contribution in [3.8, 4) is 16.9 Å². The predicted molar refractivity (Wildman–Crippen MR) is 169 cm³/mol. The molecule has 5 aromatic rings. The van der Waals surface area contributed by atoms with E-state index in [2.05, 4.69) is 67.3 Å². The van der Waals surface area contributed by atoms with Crippen LogP contribution in [0.2, 0.25) is 0 Å². The molecule has 5 rings (SSSR count). The summed E-state index contributed by atoms with van der Waals surface area (Å²) in [6.45, 7) is 4.26. The first-order valence-corrected chi connectivity index (χ1v) is 15.3. The van der Waals surface area contributed by atoms with Crippen LogP contribution < -0.4 is 10.1 Å². The second-order valence-corrected chi connectivity index (χ2v) is 10.6. The highest BCUT2D eigenvalue weighted by Crippen LogP contribution is 2.37. The highest BCUT2D eigenvalue weighted by molar-refractivity contribution is 9.08. The summed E-state index contributed by atoms with van der Waals surface area (Å²) in [4.78, 5) is 13.6. The lowest BCUT2D eigenvalue weighted by atomic mass is 10.00. The Morgan fingerprint density at radius 2 is 1.78 bits per heavy atom. The molecule has 0 saturated heterocycles. The zero-order valence-electron chi connectivity index (χ0n) is 24.0. The normalized spacial score (nSPS) is 11.4. The molecule has 0 spiro atoms. The van der Waals surface area contributed by atoms with Gasteiger partial charge in [0, 0.05) is 40.8 Å². The SMILES string of the molecule is CCOC(=O)c1c(CCCOc2cccc3ccccc23)c2cccc(-c3cnn(C)c3CBr)c2n1CCCNC. The Hall–Kier alpha value is -3.62. The largest absolute Gasteiger partial charge is 0.493 e. The summed E-state index contributed by atoms with van der Waals surface area (Å²) >= 11 is 3.65. The molecule has 41 heavy (non-hydrogen) atoms. The Morgan fingerprint density at radius 1 is 1.00 bits per heavy atom. The lowest BCUT2D eigenvalue weighted by Crippen LogP contribution is -2.17. The van der Waals surface area contributed by atoms with Gasteiger partial charge in [-0.15, -0.1) is 0 Å². The number of para-hydroxylation sites is 1. The second kappa shape index (κ2) is 13.4. The van der Waals surface area contributed by atoms with E-state index in [-0.39, 0.29) is 5.97 Å². The third kappa shape index (κ3) is 5.90. The van der Waals surface area contributed by atoms with Gasteiger partial charge in [0.2, 0.25) is 0 Å². The molecule has 8 heteroatoms. The number of rotatable bonds is 13. The maximum atomic E-state index is 13.6. The number of ether oxygens (including phenoxy) is 2. The van der Waals surface area contributed by atoms with E-state index >= 15 is 0 Å². The lowest BCUT2D eigenvalue weighted by molar-refractivity contribution is 0.0512. The van der Waals surface area contributed by atoms with Crippen LogP contribution >= 0.6 is 15.9 Å². The lowest BCUT2D eigenvalue weighted by Gasteiger charge is -2.14. The molecule has 0 amide bonds. The van der Waals surface area contributed by atoms with Crippen LogP contribution in [0.15, 0.2) is 66.9 Å². The monoisotopic (exact) mass is 616 g/mol. The number of fused-ring (bicyclic) bond motifs is 2. The molecule has 0 saturated carbocycles. The van der Waals surface area contributed by atoms with Crippen LogP contribution in [0.25, 0.3) is 32.8 Å². The summed E-state index contributed by atoms with van der Waals surface area (Å²) in [5, 5.41) is 11.8. The summed E-state index contributed by atoms with van der Waals surface area (Å²) < 4.78 is 16.0. The van der Waals surface area contributed by atoms with Gasteiger partial charge in [0.1, 0.15) is 11.4 Å². The van der Waals surface area contributed by atoms with Crippen LogP contribution in [0.3, 0.4) is 0 Å². The topological polar surface area (TPSA) is 70.3 Å². The fourth-order valence-corrected chi connectivity index (χ4v) is 6.28. The minimum atomic E-state index is -0.281. The number of nitrogens with one attached hydrogen (secondary N) is 1. The number of benzene rings is 3. The Balaban J connectivity index is 1.55. The molecule has 214 valence electrons. The van der Waals surface area contributed by atoms with Crippen LogP contribution in [-0.4, -0.2) is 47.1 Å². The molecular formula is C33H37BrN4O3. The first kappa shape index (κ1) is 28.9. The van der Waals surface area contributed by atoms with Gasteiger partial charge in [-0.1, -0.05) is 70.5 Å². The number of esters is 1. The Morgan fingerprint density at radius 3 is 2.59 bits per heavy atom. The van der Waals surface area contributed by atoms with Crippen molar-refractivity contribution >= 4 is 43.6 Å². The minimum absolute atomic E-state index is 0.281. The zero-order chi connectivity index (χ0) is 28.8. The number of alkyl halides is 1. The Bertz CT molecular complexity index is 1650. The van der Waals surface area contributed by atoms with E-state index in [1.54, 1.807) is 0 Å². The highest BCUT2D eigenvalue weighted by Gasteiger charge is 2.26. The number of hydrogen-bond acceptors (Lipinski definition) is 5. The van der Waals surface area contributed by atoms with Gasteiger partial charge in [-0.05, 0) is 56.8 Å². The molecule has 0 atom stereocenters. The maximum absolute atomic E-state index is 13.6. The number of carbonyl (C=O) groups is 1.